The molecule has 1 aromatic heterocycles. The van der Waals surface area contributed by atoms with Crippen molar-refractivity contribution in [2.75, 3.05) is 0 Å². The molecule has 0 atom stereocenters. The van der Waals surface area contributed by atoms with Crippen molar-refractivity contribution in [1.82, 2.24) is 4.57 Å². The molecular formula is C20H19NO3. The average molecular weight is 321 g/mol. The Hall–Kier alpha value is -2.88. The molecule has 0 aliphatic rings. The van der Waals surface area contributed by atoms with Gasteiger partial charge >= 0.3 is 6.09 Å². The summed E-state index contributed by atoms with van der Waals surface area (Å²) >= 11 is 0. The molecule has 0 aliphatic heterocycles. The summed E-state index contributed by atoms with van der Waals surface area (Å²) in [6.45, 7) is 5.47. The molecule has 24 heavy (non-hydrogen) atoms. The second-order valence-electron chi connectivity index (χ2n) is 6.62. The van der Waals surface area contributed by atoms with Gasteiger partial charge in [0.05, 0.1) is 5.52 Å². The lowest BCUT2D eigenvalue weighted by Crippen LogP contribution is -2.26. The maximum absolute atomic E-state index is 12.6. The molecule has 2 aromatic carbocycles. The van der Waals surface area contributed by atoms with Gasteiger partial charge in [-0.3, -0.25) is 9.36 Å². The number of ether oxygens (including phenoxy) is 1. The molecule has 4 heteroatoms. The van der Waals surface area contributed by atoms with Crippen LogP contribution in [0.2, 0.25) is 0 Å². The number of fused-ring (bicyclic) bond motifs is 1. The van der Waals surface area contributed by atoms with Crippen LogP contribution in [0.5, 0.6) is 0 Å². The average Bonchev–Trinajstić information content (AvgIpc) is 2.94. The van der Waals surface area contributed by atoms with Crippen LogP contribution in [0.25, 0.3) is 22.0 Å². The summed E-state index contributed by atoms with van der Waals surface area (Å²) in [6.07, 6.45) is 2.09. The molecule has 0 spiro atoms. The van der Waals surface area contributed by atoms with Gasteiger partial charge in [-0.2, -0.15) is 0 Å². The summed E-state index contributed by atoms with van der Waals surface area (Å²) in [7, 11) is 0. The van der Waals surface area contributed by atoms with Crippen molar-refractivity contribution in [3.63, 3.8) is 0 Å². The van der Waals surface area contributed by atoms with Crippen molar-refractivity contribution in [3.05, 3.63) is 60.3 Å². The summed E-state index contributed by atoms with van der Waals surface area (Å²) in [5.74, 6) is 0. The van der Waals surface area contributed by atoms with Crippen LogP contribution in [0.4, 0.5) is 4.79 Å². The highest BCUT2D eigenvalue weighted by atomic mass is 16.6. The minimum absolute atomic E-state index is 0.460. The summed E-state index contributed by atoms with van der Waals surface area (Å²) < 4.78 is 6.96. The van der Waals surface area contributed by atoms with E-state index in [1.165, 1.54) is 4.57 Å². The van der Waals surface area contributed by atoms with Crippen LogP contribution in [-0.2, 0) is 4.74 Å². The lowest BCUT2D eigenvalue weighted by molar-refractivity contribution is 0.0544. The monoisotopic (exact) mass is 321 g/mol. The topological polar surface area (TPSA) is 48.3 Å². The first-order chi connectivity index (χ1) is 11.4. The fourth-order valence-electron chi connectivity index (χ4n) is 2.71. The van der Waals surface area contributed by atoms with Gasteiger partial charge in [0.1, 0.15) is 5.60 Å². The number of aldehydes is 1. The number of hydrogen-bond acceptors (Lipinski definition) is 3. The normalized spacial score (nSPS) is 11.5. The number of rotatable bonds is 2. The van der Waals surface area contributed by atoms with Crippen LogP contribution in [-0.4, -0.2) is 22.5 Å². The Bertz CT molecular complexity index is 902. The van der Waals surface area contributed by atoms with Gasteiger partial charge in [0.2, 0.25) is 0 Å². The maximum atomic E-state index is 12.6. The molecule has 122 valence electrons. The standard InChI is InChI=1S/C20H19NO3/c1-20(2,3)24-19(23)21-12-16(14-8-5-4-6-9-14)18-15(13-22)10-7-11-17(18)21/h4-13H,1-3H3. The van der Waals surface area contributed by atoms with E-state index in [4.69, 9.17) is 4.74 Å². The van der Waals surface area contributed by atoms with Gasteiger partial charge < -0.3 is 4.74 Å². The van der Waals surface area contributed by atoms with Crippen molar-refractivity contribution in [2.45, 2.75) is 26.4 Å². The van der Waals surface area contributed by atoms with Crippen molar-refractivity contribution in [2.24, 2.45) is 0 Å². The summed E-state index contributed by atoms with van der Waals surface area (Å²) in [5.41, 5.74) is 2.39. The Morgan fingerprint density at radius 3 is 2.38 bits per heavy atom. The molecule has 3 rings (SSSR count). The molecule has 0 radical (unpaired) electrons. The Labute approximate surface area is 140 Å². The van der Waals surface area contributed by atoms with E-state index in [0.717, 1.165) is 22.8 Å². The fraction of sp³-hybridized carbons (Fsp3) is 0.200. The highest BCUT2D eigenvalue weighted by Crippen LogP contribution is 2.33. The molecule has 4 nitrogen and oxygen atoms in total. The quantitative estimate of drug-likeness (QED) is 0.630. The van der Waals surface area contributed by atoms with Gasteiger partial charge in [0.15, 0.2) is 6.29 Å². The highest BCUT2D eigenvalue weighted by molar-refractivity contribution is 6.08. The number of carbonyl (C=O) groups excluding carboxylic acids is 2. The van der Waals surface area contributed by atoms with Gasteiger partial charge in [-0.05, 0) is 32.4 Å². The minimum atomic E-state index is -0.594. The van der Waals surface area contributed by atoms with Gasteiger partial charge in [0.25, 0.3) is 0 Å². The van der Waals surface area contributed by atoms with Crippen LogP contribution < -0.4 is 0 Å². The molecule has 0 bridgehead atoms. The van der Waals surface area contributed by atoms with Crippen LogP contribution in [0.3, 0.4) is 0 Å². The number of hydrogen-bond donors (Lipinski definition) is 0. The molecule has 0 saturated carbocycles. The van der Waals surface area contributed by atoms with Crippen molar-refractivity contribution in [3.8, 4) is 11.1 Å². The van der Waals surface area contributed by atoms with E-state index in [2.05, 4.69) is 0 Å². The lowest BCUT2D eigenvalue weighted by Gasteiger charge is -2.19. The minimum Gasteiger partial charge on any atom is -0.443 e. The van der Waals surface area contributed by atoms with Crippen LogP contribution in [0, 0.1) is 0 Å². The van der Waals surface area contributed by atoms with Gasteiger partial charge in [-0.25, -0.2) is 4.79 Å². The summed E-state index contributed by atoms with van der Waals surface area (Å²) in [6, 6.07) is 15.0. The number of nitrogens with zero attached hydrogens (tertiary/aromatic N) is 1. The predicted molar refractivity (Wildman–Crippen MR) is 94.4 cm³/mol. The lowest BCUT2D eigenvalue weighted by atomic mass is 10.0. The van der Waals surface area contributed by atoms with Crippen LogP contribution in [0.1, 0.15) is 31.1 Å². The zero-order valence-corrected chi connectivity index (χ0v) is 13.9. The van der Waals surface area contributed by atoms with Crippen molar-refractivity contribution >= 4 is 23.3 Å². The second-order valence-corrected chi connectivity index (χ2v) is 6.62. The second kappa shape index (κ2) is 5.96. The van der Waals surface area contributed by atoms with Gasteiger partial charge in [-0.1, -0.05) is 42.5 Å². The van der Waals surface area contributed by atoms with E-state index in [-0.39, 0.29) is 0 Å². The number of aromatic nitrogens is 1. The van der Waals surface area contributed by atoms with E-state index in [1.54, 1.807) is 18.3 Å². The maximum Gasteiger partial charge on any atom is 0.419 e. The molecule has 1 heterocycles. The van der Waals surface area contributed by atoms with Crippen molar-refractivity contribution < 1.29 is 14.3 Å². The molecule has 0 amide bonds. The first-order valence-corrected chi connectivity index (χ1v) is 7.79. The van der Waals surface area contributed by atoms with Gasteiger partial charge in [0, 0.05) is 22.7 Å². The highest BCUT2D eigenvalue weighted by Gasteiger charge is 2.22. The molecule has 0 aliphatic carbocycles. The first kappa shape index (κ1) is 16.0. The molecule has 0 saturated heterocycles. The Balaban J connectivity index is 2.26. The van der Waals surface area contributed by atoms with E-state index in [0.29, 0.717) is 11.1 Å². The SMILES string of the molecule is CC(C)(C)OC(=O)n1cc(-c2ccccc2)c2c(C=O)cccc21. The predicted octanol–water partition coefficient (Wildman–Crippen LogP) is 4.90. The van der Waals surface area contributed by atoms with E-state index in [9.17, 15) is 9.59 Å². The third-order valence-corrected chi connectivity index (χ3v) is 3.66. The van der Waals surface area contributed by atoms with Crippen LogP contribution in [0.15, 0.2) is 54.7 Å². The molecular weight excluding hydrogens is 302 g/mol. The molecule has 0 unspecified atom stereocenters. The molecule has 0 fully saturated rings. The van der Waals surface area contributed by atoms with E-state index in [1.807, 2.05) is 57.2 Å². The molecule has 0 N–H and O–H groups in total. The number of benzene rings is 2. The Morgan fingerprint density at radius 2 is 1.75 bits per heavy atom. The Kier molecular flexibility index (Phi) is 3.97. The van der Waals surface area contributed by atoms with Crippen molar-refractivity contribution in [1.29, 1.82) is 0 Å². The third kappa shape index (κ3) is 2.95. The zero-order valence-electron chi connectivity index (χ0n) is 13.9. The summed E-state index contributed by atoms with van der Waals surface area (Å²) in [4.78, 5) is 24.1. The smallest absolute Gasteiger partial charge is 0.419 e. The molecule has 3 aromatic rings. The number of carbonyl (C=O) groups is 2. The first-order valence-electron chi connectivity index (χ1n) is 7.79. The summed E-state index contributed by atoms with van der Waals surface area (Å²) in [5, 5.41) is 0.754. The zero-order chi connectivity index (χ0) is 17.3. The van der Waals surface area contributed by atoms with Gasteiger partial charge in [-0.15, -0.1) is 0 Å². The van der Waals surface area contributed by atoms with E-state index < -0.39 is 11.7 Å². The fourth-order valence-corrected chi connectivity index (χ4v) is 2.71. The van der Waals surface area contributed by atoms with E-state index >= 15 is 0 Å². The van der Waals surface area contributed by atoms with Crippen LogP contribution >= 0.6 is 0 Å². The largest absolute Gasteiger partial charge is 0.443 e. The Morgan fingerprint density at radius 1 is 1.04 bits per heavy atom. The third-order valence-electron chi connectivity index (χ3n) is 3.66.